The van der Waals surface area contributed by atoms with E-state index in [9.17, 15) is 13.6 Å². The minimum atomic E-state index is -2.81. The van der Waals surface area contributed by atoms with Crippen molar-refractivity contribution >= 4 is 23.6 Å². The lowest BCUT2D eigenvalue weighted by Crippen LogP contribution is -2.05. The van der Waals surface area contributed by atoms with Crippen LogP contribution in [-0.2, 0) is 5.88 Å². The fraction of sp³-hybridized carbons (Fsp3) is 0.250. The molecule has 14 heavy (non-hydrogen) atoms. The molecule has 1 heterocycles. The van der Waals surface area contributed by atoms with E-state index < -0.39 is 12.0 Å². The second-order valence-corrected chi connectivity index (χ2v) is 2.81. The molecule has 1 aromatic heterocycles. The van der Waals surface area contributed by atoms with Crippen LogP contribution in [0.3, 0.4) is 0 Å². The van der Waals surface area contributed by atoms with Crippen LogP contribution < -0.4 is 5.73 Å². The molecular formula is C8H7ClF2N2O. The topological polar surface area (TPSA) is 56.0 Å². The van der Waals surface area contributed by atoms with Gasteiger partial charge in [-0.2, -0.15) is 0 Å². The van der Waals surface area contributed by atoms with Gasteiger partial charge in [0.1, 0.15) is 0 Å². The molecule has 1 aromatic rings. The molecule has 0 spiro atoms. The molecule has 2 N–H and O–H groups in total. The van der Waals surface area contributed by atoms with Crippen LogP contribution in [0.4, 0.5) is 14.5 Å². The van der Waals surface area contributed by atoms with Crippen molar-refractivity contribution in [2.75, 3.05) is 5.73 Å². The molecule has 0 aliphatic heterocycles. The van der Waals surface area contributed by atoms with Crippen LogP contribution in [0.1, 0.15) is 28.0 Å². The lowest BCUT2D eigenvalue weighted by molar-refractivity contribution is 0.110. The number of nitrogens with zero attached hydrogens (tertiary/aromatic N) is 1. The van der Waals surface area contributed by atoms with Gasteiger partial charge in [-0.05, 0) is 0 Å². The number of hydrogen-bond acceptors (Lipinski definition) is 3. The number of carbonyl (C=O) groups excluding carboxylic acids is 1. The maximum atomic E-state index is 12.5. The number of nitrogens with two attached hydrogens (primary N) is 1. The van der Waals surface area contributed by atoms with Crippen molar-refractivity contribution in [2.24, 2.45) is 0 Å². The molecular weight excluding hydrogens is 214 g/mol. The Labute approximate surface area is 83.9 Å². The summed E-state index contributed by atoms with van der Waals surface area (Å²) in [6.45, 7) is 0. The van der Waals surface area contributed by atoms with Gasteiger partial charge in [-0.15, -0.1) is 11.6 Å². The predicted octanol–water partition coefficient (Wildman–Crippen LogP) is 2.15. The van der Waals surface area contributed by atoms with E-state index in [4.69, 9.17) is 17.3 Å². The first-order valence-electron chi connectivity index (χ1n) is 3.68. The van der Waals surface area contributed by atoms with Gasteiger partial charge in [0.2, 0.25) is 0 Å². The Bertz CT molecular complexity index is 357. The molecule has 3 nitrogen and oxygen atoms in total. The number of alkyl halides is 3. The Morgan fingerprint density at radius 2 is 2.29 bits per heavy atom. The predicted molar refractivity (Wildman–Crippen MR) is 48.6 cm³/mol. The van der Waals surface area contributed by atoms with Crippen LogP contribution in [-0.4, -0.2) is 11.3 Å². The van der Waals surface area contributed by atoms with Gasteiger partial charge in [0.05, 0.1) is 22.8 Å². The van der Waals surface area contributed by atoms with Gasteiger partial charge < -0.3 is 5.73 Å². The average Bonchev–Trinajstić information content (AvgIpc) is 2.16. The maximum Gasteiger partial charge on any atom is 0.266 e. The quantitative estimate of drug-likeness (QED) is 0.627. The SMILES string of the molecule is Nc1c(CCl)ncc(C=O)c1C(F)F. The van der Waals surface area contributed by atoms with E-state index in [1.165, 1.54) is 0 Å². The monoisotopic (exact) mass is 220 g/mol. The van der Waals surface area contributed by atoms with Gasteiger partial charge in [0, 0.05) is 11.8 Å². The minimum Gasteiger partial charge on any atom is -0.397 e. The Morgan fingerprint density at radius 3 is 2.71 bits per heavy atom. The highest BCUT2D eigenvalue weighted by molar-refractivity contribution is 6.17. The third-order valence-electron chi connectivity index (χ3n) is 1.74. The Kier molecular flexibility index (Phi) is 3.35. The zero-order valence-electron chi connectivity index (χ0n) is 7.01. The molecule has 0 saturated carbocycles. The summed E-state index contributed by atoms with van der Waals surface area (Å²) in [6.07, 6.45) is -1.47. The van der Waals surface area contributed by atoms with Gasteiger partial charge in [-0.3, -0.25) is 9.78 Å². The first-order valence-corrected chi connectivity index (χ1v) is 4.21. The normalized spacial score (nSPS) is 10.6. The molecule has 0 atom stereocenters. The highest BCUT2D eigenvalue weighted by atomic mass is 35.5. The molecule has 0 aliphatic carbocycles. The summed E-state index contributed by atoms with van der Waals surface area (Å²) in [7, 11) is 0. The number of rotatable bonds is 3. The molecule has 1 rings (SSSR count). The second-order valence-electron chi connectivity index (χ2n) is 2.54. The number of halogens is 3. The van der Waals surface area contributed by atoms with E-state index in [2.05, 4.69) is 4.98 Å². The van der Waals surface area contributed by atoms with Crippen LogP contribution >= 0.6 is 11.6 Å². The number of nitrogen functional groups attached to an aromatic ring is 1. The van der Waals surface area contributed by atoms with Crippen LogP contribution in [0, 0.1) is 0 Å². The number of hydrogen-bond donors (Lipinski definition) is 1. The molecule has 0 unspecified atom stereocenters. The van der Waals surface area contributed by atoms with E-state index >= 15 is 0 Å². The van der Waals surface area contributed by atoms with E-state index in [1.54, 1.807) is 0 Å². The zero-order chi connectivity index (χ0) is 10.7. The zero-order valence-corrected chi connectivity index (χ0v) is 7.76. The van der Waals surface area contributed by atoms with Crippen LogP contribution in [0.25, 0.3) is 0 Å². The average molecular weight is 221 g/mol. The van der Waals surface area contributed by atoms with Crippen LogP contribution in [0.5, 0.6) is 0 Å². The van der Waals surface area contributed by atoms with Crippen molar-refractivity contribution < 1.29 is 13.6 Å². The molecule has 6 heteroatoms. The molecule has 76 valence electrons. The molecule has 0 radical (unpaired) electrons. The van der Waals surface area contributed by atoms with Crippen molar-refractivity contribution in [2.45, 2.75) is 12.3 Å². The largest absolute Gasteiger partial charge is 0.397 e. The molecule has 0 bridgehead atoms. The fourth-order valence-corrected chi connectivity index (χ4v) is 1.25. The summed E-state index contributed by atoms with van der Waals surface area (Å²) in [5.41, 5.74) is 4.64. The summed E-state index contributed by atoms with van der Waals surface area (Å²) in [6, 6.07) is 0. The van der Waals surface area contributed by atoms with Gasteiger partial charge in [-0.1, -0.05) is 0 Å². The van der Waals surface area contributed by atoms with Crippen molar-refractivity contribution in [1.82, 2.24) is 4.98 Å². The molecule has 0 saturated heterocycles. The maximum absolute atomic E-state index is 12.5. The Balaban J connectivity index is 3.38. The Hall–Kier alpha value is -1.23. The minimum absolute atomic E-state index is 0.0648. The second kappa shape index (κ2) is 4.32. The Morgan fingerprint density at radius 1 is 1.64 bits per heavy atom. The van der Waals surface area contributed by atoms with E-state index in [1.807, 2.05) is 0 Å². The van der Waals surface area contributed by atoms with E-state index in [0.29, 0.717) is 6.29 Å². The highest BCUT2D eigenvalue weighted by Gasteiger charge is 2.19. The van der Waals surface area contributed by atoms with Crippen LogP contribution in [0.15, 0.2) is 6.20 Å². The molecule has 0 aromatic carbocycles. The van der Waals surface area contributed by atoms with Crippen molar-refractivity contribution in [3.05, 3.63) is 23.0 Å². The van der Waals surface area contributed by atoms with Crippen molar-refractivity contribution in [3.63, 3.8) is 0 Å². The molecule has 0 amide bonds. The first-order chi connectivity index (χ1) is 6.61. The third kappa shape index (κ3) is 1.82. The van der Waals surface area contributed by atoms with Crippen molar-refractivity contribution in [1.29, 1.82) is 0 Å². The molecule has 0 fully saturated rings. The summed E-state index contributed by atoms with van der Waals surface area (Å²) >= 11 is 5.43. The number of carbonyl (C=O) groups is 1. The van der Waals surface area contributed by atoms with E-state index in [0.717, 1.165) is 6.20 Å². The van der Waals surface area contributed by atoms with E-state index in [-0.39, 0.29) is 22.8 Å². The van der Waals surface area contributed by atoms with Crippen molar-refractivity contribution in [3.8, 4) is 0 Å². The number of pyridine rings is 1. The number of aromatic nitrogens is 1. The fourth-order valence-electron chi connectivity index (χ4n) is 1.04. The standard InChI is InChI=1S/C8H7ClF2N2O/c9-1-5-7(12)6(8(10)11)4(3-14)2-13-5/h2-3,8H,1,12H2. The molecule has 0 aliphatic rings. The lowest BCUT2D eigenvalue weighted by Gasteiger charge is -2.09. The van der Waals surface area contributed by atoms with Gasteiger partial charge in [-0.25, -0.2) is 8.78 Å². The highest BCUT2D eigenvalue weighted by Crippen LogP contribution is 2.29. The number of anilines is 1. The van der Waals surface area contributed by atoms with Gasteiger partial charge in [0.25, 0.3) is 6.43 Å². The summed E-state index contributed by atoms with van der Waals surface area (Å²) in [5, 5.41) is 0. The summed E-state index contributed by atoms with van der Waals surface area (Å²) in [5.74, 6) is -0.0648. The van der Waals surface area contributed by atoms with Gasteiger partial charge in [0.15, 0.2) is 6.29 Å². The first kappa shape index (κ1) is 10.8. The van der Waals surface area contributed by atoms with Crippen LogP contribution in [0.2, 0.25) is 0 Å². The van der Waals surface area contributed by atoms with Gasteiger partial charge >= 0.3 is 0 Å². The summed E-state index contributed by atoms with van der Waals surface area (Å²) in [4.78, 5) is 14.1. The third-order valence-corrected chi connectivity index (χ3v) is 2.00. The number of aldehydes is 1. The smallest absolute Gasteiger partial charge is 0.266 e. The lowest BCUT2D eigenvalue weighted by atomic mass is 10.1. The summed E-state index contributed by atoms with van der Waals surface area (Å²) < 4.78 is 25.0.